The molecule has 1 aromatic carbocycles. The quantitative estimate of drug-likeness (QED) is 0.860. The number of hydrogen-bond donors (Lipinski definition) is 1. The Balaban J connectivity index is 1.89. The number of ether oxygens (including phenoxy) is 2. The molecule has 1 heterocycles. The molecule has 20 heavy (non-hydrogen) atoms. The fourth-order valence-corrected chi connectivity index (χ4v) is 2.09. The Bertz CT molecular complexity index is 485. The Morgan fingerprint density at radius 2 is 2.15 bits per heavy atom. The van der Waals surface area contributed by atoms with Crippen LogP contribution in [0, 0.1) is 0 Å². The molecule has 6 heteroatoms. The van der Waals surface area contributed by atoms with Crippen molar-refractivity contribution in [3.8, 4) is 5.75 Å². The zero-order valence-electron chi connectivity index (χ0n) is 11.2. The summed E-state index contributed by atoms with van der Waals surface area (Å²) in [6.07, 6.45) is -0.373. The summed E-state index contributed by atoms with van der Waals surface area (Å²) in [6.45, 7) is 0.880. The molecule has 0 saturated carbocycles. The van der Waals surface area contributed by atoms with Crippen LogP contribution in [0.15, 0.2) is 24.3 Å². The first kappa shape index (κ1) is 14.2. The van der Waals surface area contributed by atoms with E-state index in [9.17, 15) is 9.59 Å². The maximum atomic E-state index is 11.7. The molecule has 0 bridgehead atoms. The first-order valence-electron chi connectivity index (χ1n) is 6.39. The third kappa shape index (κ3) is 3.63. The van der Waals surface area contributed by atoms with Crippen molar-refractivity contribution in [2.75, 3.05) is 13.7 Å². The molecule has 1 unspecified atom stereocenters. The fourth-order valence-electron chi connectivity index (χ4n) is 2.09. The summed E-state index contributed by atoms with van der Waals surface area (Å²) in [4.78, 5) is 23.8. The molecule has 0 aliphatic carbocycles. The summed E-state index contributed by atoms with van der Waals surface area (Å²) in [5.74, 6) is -0.119. The Morgan fingerprint density at radius 1 is 1.45 bits per heavy atom. The summed E-state index contributed by atoms with van der Waals surface area (Å²) in [7, 11) is 1.60. The second-order valence-corrected chi connectivity index (χ2v) is 4.67. The lowest BCUT2D eigenvalue weighted by Crippen LogP contribution is -2.24. The van der Waals surface area contributed by atoms with Crippen LogP contribution in [-0.4, -0.2) is 41.8 Å². The first-order chi connectivity index (χ1) is 9.58. The molecule has 6 nitrogen and oxygen atoms in total. The molecule has 0 aromatic heterocycles. The van der Waals surface area contributed by atoms with Gasteiger partial charge in [-0.15, -0.1) is 0 Å². The zero-order chi connectivity index (χ0) is 14.5. The van der Waals surface area contributed by atoms with Crippen LogP contribution in [0.3, 0.4) is 0 Å². The lowest BCUT2D eigenvalue weighted by Gasteiger charge is -2.13. The smallest absolute Gasteiger partial charge is 0.410 e. The Kier molecular flexibility index (Phi) is 4.45. The van der Waals surface area contributed by atoms with Crippen LogP contribution in [0.5, 0.6) is 5.75 Å². The molecule has 1 amide bonds. The molecule has 1 aliphatic rings. The molecule has 1 aliphatic heterocycles. The van der Waals surface area contributed by atoms with E-state index in [1.54, 1.807) is 12.0 Å². The van der Waals surface area contributed by atoms with Crippen LogP contribution in [0.2, 0.25) is 0 Å². The summed E-state index contributed by atoms with van der Waals surface area (Å²) >= 11 is 0. The van der Waals surface area contributed by atoms with Crippen molar-refractivity contribution in [2.45, 2.75) is 25.5 Å². The normalized spacial score (nSPS) is 17.9. The molecule has 1 N–H and O–H groups in total. The molecule has 108 valence electrons. The van der Waals surface area contributed by atoms with Gasteiger partial charge in [0.15, 0.2) is 0 Å². The molecular formula is C14H17NO5. The van der Waals surface area contributed by atoms with Gasteiger partial charge in [0.25, 0.3) is 0 Å². The van der Waals surface area contributed by atoms with Gasteiger partial charge in [-0.1, -0.05) is 12.1 Å². The van der Waals surface area contributed by atoms with Crippen molar-refractivity contribution in [1.82, 2.24) is 4.90 Å². The average molecular weight is 279 g/mol. The number of carboxylic acids is 1. The van der Waals surface area contributed by atoms with E-state index in [1.807, 2.05) is 24.3 Å². The third-order valence-corrected chi connectivity index (χ3v) is 3.16. The first-order valence-corrected chi connectivity index (χ1v) is 6.39. The van der Waals surface area contributed by atoms with Crippen LogP contribution < -0.4 is 4.74 Å². The number of carbonyl (C=O) groups excluding carboxylic acids is 1. The lowest BCUT2D eigenvalue weighted by molar-refractivity contribution is -0.137. The fraction of sp³-hybridized carbons (Fsp3) is 0.429. The van der Waals surface area contributed by atoms with E-state index < -0.39 is 12.1 Å². The van der Waals surface area contributed by atoms with Gasteiger partial charge in [-0.25, -0.2) is 4.79 Å². The molecule has 1 atom stereocenters. The molecule has 2 rings (SSSR count). The van der Waals surface area contributed by atoms with E-state index in [4.69, 9.17) is 14.6 Å². The second-order valence-electron chi connectivity index (χ2n) is 4.67. The van der Waals surface area contributed by atoms with Gasteiger partial charge in [-0.2, -0.15) is 0 Å². The summed E-state index contributed by atoms with van der Waals surface area (Å²) in [5.41, 5.74) is 0.974. The van der Waals surface area contributed by atoms with Gasteiger partial charge in [0.2, 0.25) is 0 Å². The average Bonchev–Trinajstić information content (AvgIpc) is 2.78. The number of aliphatic carboxylic acids is 1. The maximum absolute atomic E-state index is 11.7. The topological polar surface area (TPSA) is 76.1 Å². The highest BCUT2D eigenvalue weighted by Gasteiger charge is 2.31. The monoisotopic (exact) mass is 279 g/mol. The number of hydrogen-bond acceptors (Lipinski definition) is 4. The number of carboxylic acid groups (broad SMARTS) is 1. The Labute approximate surface area is 116 Å². The van der Waals surface area contributed by atoms with Gasteiger partial charge in [0.05, 0.1) is 13.7 Å². The van der Waals surface area contributed by atoms with Crippen molar-refractivity contribution in [3.63, 3.8) is 0 Å². The SMILES string of the molecule is COc1ccc(CN2CC(CCC(=O)O)OC2=O)cc1. The highest BCUT2D eigenvalue weighted by Crippen LogP contribution is 2.19. The number of benzene rings is 1. The number of cyclic esters (lactones) is 1. The van der Waals surface area contributed by atoms with E-state index in [0.717, 1.165) is 11.3 Å². The predicted molar refractivity (Wildman–Crippen MR) is 70.5 cm³/mol. The lowest BCUT2D eigenvalue weighted by atomic mass is 10.2. The van der Waals surface area contributed by atoms with Gasteiger partial charge in [-0.3, -0.25) is 4.79 Å². The van der Waals surface area contributed by atoms with E-state index in [2.05, 4.69) is 0 Å². The van der Waals surface area contributed by atoms with E-state index in [0.29, 0.717) is 19.5 Å². The van der Waals surface area contributed by atoms with Crippen LogP contribution in [0.1, 0.15) is 18.4 Å². The van der Waals surface area contributed by atoms with E-state index in [1.165, 1.54) is 0 Å². The van der Waals surface area contributed by atoms with Gasteiger partial charge in [-0.05, 0) is 24.1 Å². The molecular weight excluding hydrogens is 262 g/mol. The summed E-state index contributed by atoms with van der Waals surface area (Å²) in [6, 6.07) is 7.44. The van der Waals surface area contributed by atoms with Gasteiger partial charge < -0.3 is 19.5 Å². The van der Waals surface area contributed by atoms with Crippen molar-refractivity contribution in [1.29, 1.82) is 0 Å². The van der Waals surface area contributed by atoms with Crippen molar-refractivity contribution < 1.29 is 24.2 Å². The van der Waals surface area contributed by atoms with E-state index in [-0.39, 0.29) is 12.5 Å². The Morgan fingerprint density at radius 3 is 2.75 bits per heavy atom. The van der Waals surface area contributed by atoms with Gasteiger partial charge in [0.1, 0.15) is 11.9 Å². The second kappa shape index (κ2) is 6.27. The van der Waals surface area contributed by atoms with Crippen molar-refractivity contribution in [2.24, 2.45) is 0 Å². The molecule has 0 spiro atoms. The zero-order valence-corrected chi connectivity index (χ0v) is 11.2. The van der Waals surface area contributed by atoms with Crippen molar-refractivity contribution >= 4 is 12.1 Å². The molecule has 1 fully saturated rings. The third-order valence-electron chi connectivity index (χ3n) is 3.16. The highest BCUT2D eigenvalue weighted by molar-refractivity contribution is 5.70. The highest BCUT2D eigenvalue weighted by atomic mass is 16.6. The number of methoxy groups -OCH3 is 1. The van der Waals surface area contributed by atoms with Gasteiger partial charge in [0, 0.05) is 13.0 Å². The minimum absolute atomic E-state index is 0.00826. The summed E-state index contributed by atoms with van der Waals surface area (Å²) < 4.78 is 10.2. The summed E-state index contributed by atoms with van der Waals surface area (Å²) in [5, 5.41) is 8.62. The Hall–Kier alpha value is -2.24. The van der Waals surface area contributed by atoms with Crippen LogP contribution in [0.25, 0.3) is 0 Å². The van der Waals surface area contributed by atoms with E-state index >= 15 is 0 Å². The number of rotatable bonds is 6. The largest absolute Gasteiger partial charge is 0.497 e. The molecule has 1 aromatic rings. The molecule has 0 radical (unpaired) electrons. The van der Waals surface area contributed by atoms with Crippen LogP contribution >= 0.6 is 0 Å². The van der Waals surface area contributed by atoms with Gasteiger partial charge >= 0.3 is 12.1 Å². The minimum Gasteiger partial charge on any atom is -0.497 e. The standard InChI is InChI=1S/C14H17NO5/c1-19-11-4-2-10(3-5-11)8-15-9-12(20-14(15)18)6-7-13(16)17/h2-5,12H,6-9H2,1H3,(H,16,17). The maximum Gasteiger partial charge on any atom is 0.410 e. The number of carbonyl (C=O) groups is 2. The predicted octanol–water partition coefficient (Wildman–Crippen LogP) is 1.88. The number of nitrogens with zero attached hydrogens (tertiary/aromatic N) is 1. The minimum atomic E-state index is -0.880. The molecule has 1 saturated heterocycles. The van der Waals surface area contributed by atoms with Crippen molar-refractivity contribution in [3.05, 3.63) is 29.8 Å². The van der Waals surface area contributed by atoms with Crippen LogP contribution in [-0.2, 0) is 16.1 Å². The van der Waals surface area contributed by atoms with Crippen LogP contribution in [0.4, 0.5) is 4.79 Å². The number of amides is 1.